The van der Waals surface area contributed by atoms with Gasteiger partial charge in [0.15, 0.2) is 0 Å². The average molecular weight is 219 g/mol. The maximum absolute atomic E-state index is 10.9. The second kappa shape index (κ2) is 3.04. The molecule has 0 spiro atoms. The van der Waals surface area contributed by atoms with Gasteiger partial charge in [0.25, 0.3) is 5.56 Å². The number of hydrogen-bond acceptors (Lipinski definition) is 3. The molecule has 0 saturated carbocycles. The van der Waals surface area contributed by atoms with Crippen molar-refractivity contribution in [1.29, 1.82) is 0 Å². The maximum atomic E-state index is 10.9. The zero-order chi connectivity index (χ0) is 8.43. The lowest BCUT2D eigenvalue weighted by Crippen LogP contribution is -2.11. The molecule has 11 heavy (non-hydrogen) atoms. The minimum absolute atomic E-state index is 0.0784. The first-order valence-electron chi connectivity index (χ1n) is 3.12. The standard InChI is InChI=1S/C6H7BrN2O2/c1-2-3-8-5(10)4(7)6(11)9-3/h2H2,1H3,(H2,8,9,10,11). The number of hydrogen-bond donors (Lipinski definition) is 2. The first kappa shape index (κ1) is 8.26. The van der Waals surface area contributed by atoms with Crippen LogP contribution in [-0.2, 0) is 6.42 Å². The molecule has 0 atom stereocenters. The van der Waals surface area contributed by atoms with E-state index in [1.54, 1.807) is 0 Å². The van der Waals surface area contributed by atoms with Crippen LogP contribution in [0.3, 0.4) is 0 Å². The lowest BCUT2D eigenvalue weighted by Gasteiger charge is -1.97. The summed E-state index contributed by atoms with van der Waals surface area (Å²) in [6.45, 7) is 1.84. The lowest BCUT2D eigenvalue weighted by molar-refractivity contribution is 0.444. The van der Waals surface area contributed by atoms with Gasteiger partial charge < -0.3 is 10.1 Å². The number of nitrogens with one attached hydrogen (secondary N) is 1. The molecule has 0 aromatic carbocycles. The van der Waals surface area contributed by atoms with Crippen molar-refractivity contribution >= 4 is 15.9 Å². The molecule has 0 fully saturated rings. The molecular formula is C6H7BrN2O2. The van der Waals surface area contributed by atoms with E-state index in [-0.39, 0.29) is 15.9 Å². The fourth-order valence-corrected chi connectivity index (χ4v) is 0.848. The average Bonchev–Trinajstić information content (AvgIpc) is 1.99. The van der Waals surface area contributed by atoms with Crippen LogP contribution < -0.4 is 5.56 Å². The van der Waals surface area contributed by atoms with Crippen molar-refractivity contribution in [2.45, 2.75) is 13.3 Å². The van der Waals surface area contributed by atoms with E-state index in [2.05, 4.69) is 25.9 Å². The van der Waals surface area contributed by atoms with Gasteiger partial charge in [-0.1, -0.05) is 6.92 Å². The minimum atomic E-state index is -0.352. The molecule has 4 nitrogen and oxygen atoms in total. The number of aromatic amines is 1. The van der Waals surface area contributed by atoms with Gasteiger partial charge in [0.05, 0.1) is 0 Å². The van der Waals surface area contributed by atoms with Gasteiger partial charge in [-0.05, 0) is 15.9 Å². The topological polar surface area (TPSA) is 66.0 Å². The molecule has 1 rings (SSSR count). The molecule has 0 amide bonds. The van der Waals surface area contributed by atoms with Crippen LogP contribution in [-0.4, -0.2) is 15.1 Å². The third-order valence-electron chi connectivity index (χ3n) is 1.23. The summed E-state index contributed by atoms with van der Waals surface area (Å²) in [6, 6.07) is 0. The predicted octanol–water partition coefficient (Wildman–Crippen LogP) is 0.800. The SMILES string of the molecule is CCc1nc(O)c(Br)c(=O)[nH]1. The number of H-pyrrole nitrogens is 1. The molecule has 0 aliphatic rings. The minimum Gasteiger partial charge on any atom is -0.492 e. The first-order valence-corrected chi connectivity index (χ1v) is 3.92. The molecule has 0 aliphatic carbocycles. The quantitative estimate of drug-likeness (QED) is 0.734. The summed E-state index contributed by atoms with van der Waals surface area (Å²) in [5.41, 5.74) is -0.352. The predicted molar refractivity (Wildman–Crippen MR) is 43.6 cm³/mol. The van der Waals surface area contributed by atoms with E-state index in [0.29, 0.717) is 12.2 Å². The van der Waals surface area contributed by atoms with Crippen molar-refractivity contribution in [3.05, 3.63) is 20.7 Å². The van der Waals surface area contributed by atoms with Crippen LogP contribution in [0.25, 0.3) is 0 Å². The van der Waals surface area contributed by atoms with Crippen LogP contribution in [0.4, 0.5) is 0 Å². The van der Waals surface area contributed by atoms with E-state index in [1.807, 2.05) is 6.92 Å². The third kappa shape index (κ3) is 1.59. The molecule has 1 aromatic heterocycles. The van der Waals surface area contributed by atoms with E-state index in [4.69, 9.17) is 5.11 Å². The van der Waals surface area contributed by atoms with Gasteiger partial charge in [0.1, 0.15) is 10.3 Å². The van der Waals surface area contributed by atoms with E-state index in [0.717, 1.165) is 0 Å². The Labute approximate surface area is 71.4 Å². The monoisotopic (exact) mass is 218 g/mol. The number of rotatable bonds is 1. The Hall–Kier alpha value is -0.840. The van der Waals surface area contributed by atoms with Crippen molar-refractivity contribution in [1.82, 2.24) is 9.97 Å². The van der Waals surface area contributed by atoms with Gasteiger partial charge in [0, 0.05) is 6.42 Å². The van der Waals surface area contributed by atoms with Gasteiger partial charge in [-0.2, -0.15) is 4.98 Å². The van der Waals surface area contributed by atoms with Crippen LogP contribution in [0.1, 0.15) is 12.7 Å². The normalized spacial score (nSPS) is 10.0. The molecular weight excluding hydrogens is 212 g/mol. The molecule has 0 saturated heterocycles. The Balaban J connectivity index is 3.32. The van der Waals surface area contributed by atoms with Crippen LogP contribution in [0, 0.1) is 0 Å². The zero-order valence-corrected chi connectivity index (χ0v) is 7.47. The largest absolute Gasteiger partial charge is 0.492 e. The number of aromatic hydroxyl groups is 1. The lowest BCUT2D eigenvalue weighted by atomic mass is 10.4. The molecule has 60 valence electrons. The Morgan fingerprint density at radius 3 is 2.82 bits per heavy atom. The molecule has 0 unspecified atom stereocenters. The highest BCUT2D eigenvalue weighted by atomic mass is 79.9. The summed E-state index contributed by atoms with van der Waals surface area (Å²) in [7, 11) is 0. The van der Waals surface area contributed by atoms with E-state index < -0.39 is 0 Å². The Kier molecular flexibility index (Phi) is 2.28. The Morgan fingerprint density at radius 2 is 2.36 bits per heavy atom. The van der Waals surface area contributed by atoms with E-state index in [1.165, 1.54) is 0 Å². The van der Waals surface area contributed by atoms with Gasteiger partial charge >= 0.3 is 0 Å². The van der Waals surface area contributed by atoms with Crippen molar-refractivity contribution in [2.75, 3.05) is 0 Å². The summed E-state index contributed by atoms with van der Waals surface area (Å²) in [4.78, 5) is 17.1. The van der Waals surface area contributed by atoms with E-state index >= 15 is 0 Å². The summed E-state index contributed by atoms with van der Waals surface area (Å²) in [5.74, 6) is 0.223. The van der Waals surface area contributed by atoms with Crippen molar-refractivity contribution < 1.29 is 5.11 Å². The second-order valence-corrected chi connectivity index (χ2v) is 2.80. The van der Waals surface area contributed by atoms with Gasteiger partial charge in [-0.15, -0.1) is 0 Å². The van der Waals surface area contributed by atoms with E-state index in [9.17, 15) is 4.79 Å². The fraction of sp³-hybridized carbons (Fsp3) is 0.333. The van der Waals surface area contributed by atoms with Gasteiger partial charge in [0.2, 0.25) is 5.88 Å². The Bertz CT molecular complexity index is 321. The molecule has 5 heteroatoms. The fourth-order valence-electron chi connectivity index (χ4n) is 0.660. The molecule has 1 heterocycles. The number of nitrogens with zero attached hydrogens (tertiary/aromatic N) is 1. The van der Waals surface area contributed by atoms with Crippen LogP contribution >= 0.6 is 15.9 Å². The van der Waals surface area contributed by atoms with Crippen molar-refractivity contribution in [3.8, 4) is 5.88 Å². The van der Waals surface area contributed by atoms with Crippen molar-refractivity contribution in [2.24, 2.45) is 0 Å². The highest BCUT2D eigenvalue weighted by molar-refractivity contribution is 9.10. The zero-order valence-electron chi connectivity index (χ0n) is 5.89. The summed E-state index contributed by atoms with van der Waals surface area (Å²) < 4.78 is 0.0784. The molecule has 0 bridgehead atoms. The van der Waals surface area contributed by atoms with Gasteiger partial charge in [-0.3, -0.25) is 4.79 Å². The molecule has 0 radical (unpaired) electrons. The van der Waals surface area contributed by atoms with Crippen molar-refractivity contribution in [3.63, 3.8) is 0 Å². The maximum Gasteiger partial charge on any atom is 0.269 e. The third-order valence-corrected chi connectivity index (χ3v) is 1.94. The summed E-state index contributed by atoms with van der Waals surface area (Å²) in [6.07, 6.45) is 0.593. The van der Waals surface area contributed by atoms with Crippen LogP contribution in [0.5, 0.6) is 5.88 Å². The molecule has 2 N–H and O–H groups in total. The molecule has 1 aromatic rings. The summed E-state index contributed by atoms with van der Waals surface area (Å²) in [5, 5.41) is 9.03. The second-order valence-electron chi connectivity index (χ2n) is 2.00. The summed E-state index contributed by atoms with van der Waals surface area (Å²) >= 11 is 2.89. The molecule has 0 aliphatic heterocycles. The highest BCUT2D eigenvalue weighted by Crippen LogP contribution is 2.14. The number of halogens is 1. The van der Waals surface area contributed by atoms with Crippen LogP contribution in [0.2, 0.25) is 0 Å². The number of aromatic nitrogens is 2. The highest BCUT2D eigenvalue weighted by Gasteiger charge is 2.04. The number of aryl methyl sites for hydroxylation is 1. The Morgan fingerprint density at radius 1 is 1.73 bits per heavy atom. The first-order chi connectivity index (χ1) is 5.15. The smallest absolute Gasteiger partial charge is 0.269 e. The van der Waals surface area contributed by atoms with Gasteiger partial charge in [-0.25, -0.2) is 0 Å². The van der Waals surface area contributed by atoms with Crippen LogP contribution in [0.15, 0.2) is 9.27 Å².